The lowest BCUT2D eigenvalue weighted by molar-refractivity contribution is -0.138. The van der Waals surface area contributed by atoms with Crippen molar-refractivity contribution in [3.8, 4) is 17.5 Å². The highest BCUT2D eigenvalue weighted by Gasteiger charge is 2.36. The van der Waals surface area contributed by atoms with Gasteiger partial charge in [0.25, 0.3) is 0 Å². The van der Waals surface area contributed by atoms with Crippen molar-refractivity contribution in [1.29, 1.82) is 5.26 Å². The molecule has 1 aromatic heterocycles. The topological polar surface area (TPSA) is 66.0 Å². The number of hydrogen-bond donors (Lipinski definition) is 0. The van der Waals surface area contributed by atoms with Crippen LogP contribution in [0, 0.1) is 11.3 Å². The van der Waals surface area contributed by atoms with Gasteiger partial charge in [-0.15, -0.1) is 10.2 Å². The maximum atomic E-state index is 13.2. The minimum absolute atomic E-state index is 0.0480. The maximum Gasteiger partial charge on any atom is 0.417 e. The molecule has 0 aliphatic heterocycles. The number of anilines is 1. The number of aromatic nitrogens is 2. The Labute approximate surface area is 185 Å². The van der Waals surface area contributed by atoms with E-state index in [0.717, 1.165) is 36.4 Å². The molecule has 0 fully saturated rings. The fourth-order valence-corrected chi connectivity index (χ4v) is 2.92. The largest absolute Gasteiger partial charge is 0.419 e. The Hall–Kier alpha value is -3.76. The molecule has 0 atom stereocenters. The Balaban J connectivity index is 1.92. The van der Waals surface area contributed by atoms with E-state index in [9.17, 15) is 39.5 Å². The molecule has 5 nitrogen and oxygen atoms in total. The number of nitrogens with zero attached hydrogens (tertiary/aromatic N) is 4. The summed E-state index contributed by atoms with van der Waals surface area (Å²) in [5, 5.41) is 16.0. The fraction of sp³-hybridized carbons (Fsp3) is 0.250. The second kappa shape index (κ2) is 8.88. The maximum absolute atomic E-state index is 13.2. The Bertz CT molecular complexity index is 1190. The molecule has 0 saturated heterocycles. The lowest BCUT2D eigenvalue weighted by Crippen LogP contribution is -2.34. The average Bonchev–Trinajstić information content (AvgIpc) is 3.19. The highest BCUT2D eigenvalue weighted by Crippen LogP contribution is 2.36. The monoisotopic (exact) mass is 494 g/mol. The van der Waals surface area contributed by atoms with Crippen LogP contribution in [0.1, 0.15) is 22.6 Å². The van der Waals surface area contributed by atoms with Gasteiger partial charge in [0, 0.05) is 11.3 Å². The fourth-order valence-electron chi connectivity index (χ4n) is 2.92. The normalized spacial score (nSPS) is 12.5. The van der Waals surface area contributed by atoms with Crippen LogP contribution in [0.15, 0.2) is 46.9 Å². The average molecular weight is 494 g/mol. The van der Waals surface area contributed by atoms with Crippen molar-refractivity contribution in [3.63, 3.8) is 0 Å². The number of nitriles is 1. The molecule has 0 spiro atoms. The summed E-state index contributed by atoms with van der Waals surface area (Å²) in [5.74, 6) is -0.733. The molecule has 14 heteroatoms. The van der Waals surface area contributed by atoms with Gasteiger partial charge in [-0.2, -0.15) is 44.8 Å². The molecule has 2 aromatic carbocycles. The Morgan fingerprint density at radius 1 is 0.853 bits per heavy atom. The summed E-state index contributed by atoms with van der Waals surface area (Å²) in [6, 6.07) is 6.89. The minimum atomic E-state index is -4.99. The Morgan fingerprint density at radius 2 is 1.50 bits per heavy atom. The smallest absolute Gasteiger partial charge is 0.417 e. The van der Waals surface area contributed by atoms with Crippen LogP contribution >= 0.6 is 0 Å². The van der Waals surface area contributed by atoms with Gasteiger partial charge in [0.05, 0.1) is 29.3 Å². The molecule has 1 heterocycles. The van der Waals surface area contributed by atoms with Crippen molar-refractivity contribution in [1.82, 2.24) is 10.2 Å². The quantitative estimate of drug-likeness (QED) is 0.395. The van der Waals surface area contributed by atoms with Gasteiger partial charge in [-0.3, -0.25) is 0 Å². The van der Waals surface area contributed by atoms with Crippen molar-refractivity contribution in [2.75, 3.05) is 11.4 Å². The van der Waals surface area contributed by atoms with Gasteiger partial charge in [0.2, 0.25) is 11.8 Å². The molecule has 0 aliphatic carbocycles. The first-order valence-electron chi connectivity index (χ1n) is 9.10. The van der Waals surface area contributed by atoms with Gasteiger partial charge in [-0.25, -0.2) is 0 Å². The molecule has 0 amide bonds. The lowest BCUT2D eigenvalue weighted by Gasteiger charge is -2.25. The number of benzene rings is 2. The Morgan fingerprint density at radius 3 is 2.03 bits per heavy atom. The molecule has 34 heavy (non-hydrogen) atoms. The van der Waals surface area contributed by atoms with Crippen LogP contribution < -0.4 is 4.90 Å². The number of alkyl halides is 9. The summed E-state index contributed by atoms with van der Waals surface area (Å²) >= 11 is 0. The number of halogens is 9. The first-order valence-corrected chi connectivity index (χ1v) is 9.10. The summed E-state index contributed by atoms with van der Waals surface area (Å²) in [6.45, 7) is -2.45. The molecule has 0 bridgehead atoms. The molecule has 0 unspecified atom stereocenters. The van der Waals surface area contributed by atoms with Crippen LogP contribution in [0.25, 0.3) is 11.5 Å². The zero-order valence-electron chi connectivity index (χ0n) is 16.6. The van der Waals surface area contributed by atoms with E-state index in [4.69, 9.17) is 9.68 Å². The van der Waals surface area contributed by atoms with Gasteiger partial charge < -0.3 is 9.32 Å². The van der Waals surface area contributed by atoms with Crippen LogP contribution in [0.3, 0.4) is 0 Å². The third-order valence-corrected chi connectivity index (χ3v) is 4.42. The van der Waals surface area contributed by atoms with Gasteiger partial charge in [-0.1, -0.05) is 0 Å². The Kier molecular flexibility index (Phi) is 6.50. The standard InChI is InChI=1S/C20H11F9N4O/c21-18(22,23)10-33(14-6-3-12(8-30)15(7-14)20(27,28)29)9-16-31-32-17(34-16)11-1-4-13(5-2-11)19(24,25)26/h1-7H,9-10H2. The van der Waals surface area contributed by atoms with Crippen LogP contribution in [-0.4, -0.2) is 22.9 Å². The molecule has 0 aliphatic rings. The van der Waals surface area contributed by atoms with Crippen molar-refractivity contribution >= 4 is 5.69 Å². The second-order valence-electron chi connectivity index (χ2n) is 6.89. The van der Waals surface area contributed by atoms with E-state index in [2.05, 4.69) is 10.2 Å². The predicted molar refractivity (Wildman–Crippen MR) is 98.0 cm³/mol. The molecule has 0 saturated carbocycles. The summed E-state index contributed by atoms with van der Waals surface area (Å²) in [4.78, 5) is 0.487. The minimum Gasteiger partial charge on any atom is -0.419 e. The van der Waals surface area contributed by atoms with E-state index in [0.29, 0.717) is 11.0 Å². The van der Waals surface area contributed by atoms with E-state index < -0.39 is 59.9 Å². The molecular formula is C20H11F9N4O. The van der Waals surface area contributed by atoms with Crippen LogP contribution in [0.2, 0.25) is 0 Å². The van der Waals surface area contributed by atoms with Crippen molar-refractivity contribution in [2.45, 2.75) is 25.1 Å². The van der Waals surface area contributed by atoms with Crippen LogP contribution in [0.4, 0.5) is 45.2 Å². The molecule has 0 radical (unpaired) electrons. The first-order chi connectivity index (χ1) is 15.7. The van der Waals surface area contributed by atoms with Crippen LogP contribution in [-0.2, 0) is 18.9 Å². The zero-order chi connectivity index (χ0) is 25.3. The van der Waals surface area contributed by atoms with E-state index in [1.165, 1.54) is 6.07 Å². The summed E-state index contributed by atoms with van der Waals surface area (Å²) in [7, 11) is 0. The van der Waals surface area contributed by atoms with E-state index in [1.807, 2.05) is 0 Å². The number of rotatable bonds is 5. The second-order valence-corrected chi connectivity index (χ2v) is 6.89. The highest BCUT2D eigenvalue weighted by molar-refractivity contribution is 5.56. The first kappa shape index (κ1) is 24.9. The molecule has 3 rings (SSSR count). The third kappa shape index (κ3) is 5.97. The van der Waals surface area contributed by atoms with E-state index in [1.54, 1.807) is 0 Å². The highest BCUT2D eigenvalue weighted by atomic mass is 19.4. The van der Waals surface area contributed by atoms with Gasteiger partial charge in [-0.05, 0) is 42.5 Å². The van der Waals surface area contributed by atoms with Gasteiger partial charge >= 0.3 is 18.5 Å². The van der Waals surface area contributed by atoms with Gasteiger partial charge in [0.15, 0.2) is 0 Å². The molecule has 180 valence electrons. The zero-order valence-corrected chi connectivity index (χ0v) is 16.6. The lowest BCUT2D eigenvalue weighted by atomic mass is 10.1. The van der Waals surface area contributed by atoms with Crippen molar-refractivity contribution in [2.24, 2.45) is 0 Å². The van der Waals surface area contributed by atoms with Gasteiger partial charge in [0.1, 0.15) is 6.54 Å². The van der Waals surface area contributed by atoms with Crippen molar-refractivity contribution in [3.05, 3.63) is 65.0 Å². The van der Waals surface area contributed by atoms with Crippen molar-refractivity contribution < 1.29 is 43.9 Å². The molecular weight excluding hydrogens is 483 g/mol. The van der Waals surface area contributed by atoms with E-state index in [-0.39, 0.29) is 11.5 Å². The summed E-state index contributed by atoms with van der Waals surface area (Å²) < 4.78 is 122. The van der Waals surface area contributed by atoms with Crippen LogP contribution in [0.5, 0.6) is 0 Å². The molecule has 0 N–H and O–H groups in total. The summed E-state index contributed by atoms with van der Waals surface area (Å²) in [5.41, 5.74) is -3.61. The summed E-state index contributed by atoms with van der Waals surface area (Å²) in [6.07, 6.45) is -14.4. The number of hydrogen-bond acceptors (Lipinski definition) is 5. The third-order valence-electron chi connectivity index (χ3n) is 4.42. The van der Waals surface area contributed by atoms with E-state index >= 15 is 0 Å². The SMILES string of the molecule is N#Cc1ccc(N(Cc2nnc(-c3ccc(C(F)(F)F)cc3)o2)CC(F)(F)F)cc1C(F)(F)F. The molecule has 3 aromatic rings. The predicted octanol–water partition coefficient (Wildman–Crippen LogP) is 6.21.